The molecule has 0 saturated carbocycles. The van der Waals surface area contributed by atoms with Crippen molar-refractivity contribution < 1.29 is 14.3 Å². The molecule has 0 aliphatic heterocycles. The van der Waals surface area contributed by atoms with Gasteiger partial charge in [0, 0.05) is 6.61 Å². The maximum absolute atomic E-state index is 11.5. The van der Waals surface area contributed by atoms with Crippen LogP contribution in [0.3, 0.4) is 0 Å². The predicted molar refractivity (Wildman–Crippen MR) is 64.2 cm³/mol. The summed E-state index contributed by atoms with van der Waals surface area (Å²) in [5, 5.41) is 0. The van der Waals surface area contributed by atoms with Gasteiger partial charge < -0.3 is 15.2 Å². The molecule has 0 aromatic rings. The zero-order valence-corrected chi connectivity index (χ0v) is 10.9. The third-order valence-electron chi connectivity index (χ3n) is 2.46. The second kappa shape index (κ2) is 7.63. The fraction of sp³-hybridized carbons (Fsp3) is 0.917. The van der Waals surface area contributed by atoms with E-state index in [1.165, 1.54) is 0 Å². The first-order chi connectivity index (χ1) is 7.44. The smallest absolute Gasteiger partial charge is 0.325 e. The summed E-state index contributed by atoms with van der Waals surface area (Å²) in [4.78, 5) is 11.5. The summed E-state index contributed by atoms with van der Waals surface area (Å²) in [6.07, 6.45) is 2.84. The first-order valence-electron chi connectivity index (χ1n) is 6.01. The number of rotatable bonds is 8. The predicted octanol–water partition coefficient (Wildman–Crippen LogP) is 1.86. The summed E-state index contributed by atoms with van der Waals surface area (Å²) >= 11 is 0. The van der Waals surface area contributed by atoms with Crippen LogP contribution in [0.1, 0.15) is 47.0 Å². The monoisotopic (exact) mass is 231 g/mol. The molecule has 4 nitrogen and oxygen atoms in total. The molecule has 0 aromatic heterocycles. The van der Waals surface area contributed by atoms with Gasteiger partial charge in [0.2, 0.25) is 0 Å². The molecule has 2 unspecified atom stereocenters. The van der Waals surface area contributed by atoms with E-state index >= 15 is 0 Å². The van der Waals surface area contributed by atoms with Crippen LogP contribution in [-0.4, -0.2) is 30.8 Å². The second-order valence-electron chi connectivity index (χ2n) is 4.36. The van der Waals surface area contributed by atoms with Gasteiger partial charge in [-0.15, -0.1) is 0 Å². The molecule has 0 aliphatic rings. The van der Waals surface area contributed by atoms with E-state index in [-0.39, 0.29) is 12.1 Å². The van der Waals surface area contributed by atoms with E-state index in [4.69, 9.17) is 15.2 Å². The standard InChI is InChI=1S/C12H25NO3/c1-5-7-10(3)16-9-8-12(4,13)11(14)15-6-2/h10H,5-9,13H2,1-4H3. The minimum atomic E-state index is -0.943. The minimum Gasteiger partial charge on any atom is -0.465 e. The van der Waals surface area contributed by atoms with Gasteiger partial charge in [-0.25, -0.2) is 0 Å². The van der Waals surface area contributed by atoms with Gasteiger partial charge in [0.25, 0.3) is 0 Å². The van der Waals surface area contributed by atoms with Gasteiger partial charge in [-0.1, -0.05) is 13.3 Å². The molecule has 0 aromatic carbocycles. The molecule has 96 valence electrons. The first-order valence-corrected chi connectivity index (χ1v) is 6.01. The normalized spacial score (nSPS) is 16.6. The van der Waals surface area contributed by atoms with Crippen LogP contribution in [0.5, 0.6) is 0 Å². The number of esters is 1. The Morgan fingerprint density at radius 1 is 1.44 bits per heavy atom. The third-order valence-corrected chi connectivity index (χ3v) is 2.46. The van der Waals surface area contributed by atoms with Crippen molar-refractivity contribution in [2.45, 2.75) is 58.6 Å². The molecule has 0 radical (unpaired) electrons. The van der Waals surface area contributed by atoms with E-state index in [2.05, 4.69) is 6.92 Å². The van der Waals surface area contributed by atoms with Gasteiger partial charge in [0.15, 0.2) is 0 Å². The van der Waals surface area contributed by atoms with Crippen LogP contribution in [0.25, 0.3) is 0 Å². The lowest BCUT2D eigenvalue weighted by molar-refractivity contribution is -0.149. The number of nitrogens with two attached hydrogens (primary N) is 1. The first kappa shape index (κ1) is 15.4. The third kappa shape index (κ3) is 6.08. The average molecular weight is 231 g/mol. The van der Waals surface area contributed by atoms with Crippen molar-refractivity contribution >= 4 is 5.97 Å². The van der Waals surface area contributed by atoms with Crippen molar-refractivity contribution in [2.24, 2.45) is 5.73 Å². The quantitative estimate of drug-likeness (QED) is 0.648. The average Bonchev–Trinajstić information content (AvgIpc) is 2.18. The maximum atomic E-state index is 11.5. The molecule has 4 heteroatoms. The summed E-state index contributed by atoms with van der Waals surface area (Å²) < 4.78 is 10.5. The van der Waals surface area contributed by atoms with E-state index in [1.54, 1.807) is 13.8 Å². The summed E-state index contributed by atoms with van der Waals surface area (Å²) in [6, 6.07) is 0. The Balaban J connectivity index is 3.85. The Kier molecular flexibility index (Phi) is 7.34. The maximum Gasteiger partial charge on any atom is 0.325 e. The summed E-state index contributed by atoms with van der Waals surface area (Å²) in [5.74, 6) is -0.359. The molecule has 0 amide bonds. The van der Waals surface area contributed by atoms with Crippen molar-refractivity contribution in [3.05, 3.63) is 0 Å². The van der Waals surface area contributed by atoms with E-state index < -0.39 is 5.54 Å². The SMILES string of the molecule is CCCC(C)OCCC(C)(N)C(=O)OCC. The Morgan fingerprint density at radius 3 is 2.56 bits per heavy atom. The zero-order chi connectivity index (χ0) is 12.6. The zero-order valence-electron chi connectivity index (χ0n) is 10.9. The largest absolute Gasteiger partial charge is 0.465 e. The van der Waals surface area contributed by atoms with E-state index in [1.807, 2.05) is 6.92 Å². The minimum absolute atomic E-state index is 0.225. The van der Waals surface area contributed by atoms with Gasteiger partial charge in [-0.05, 0) is 33.6 Å². The van der Waals surface area contributed by atoms with Crippen LogP contribution in [0.4, 0.5) is 0 Å². The Bertz CT molecular complexity index is 204. The highest BCUT2D eigenvalue weighted by Crippen LogP contribution is 2.10. The van der Waals surface area contributed by atoms with Crippen LogP contribution in [0.15, 0.2) is 0 Å². The van der Waals surface area contributed by atoms with Gasteiger partial charge in [-0.3, -0.25) is 4.79 Å². The Morgan fingerprint density at radius 2 is 2.06 bits per heavy atom. The number of hydrogen-bond donors (Lipinski definition) is 1. The lowest BCUT2D eigenvalue weighted by Crippen LogP contribution is -2.47. The van der Waals surface area contributed by atoms with E-state index in [0.717, 1.165) is 12.8 Å². The molecule has 0 saturated heterocycles. The summed E-state index contributed by atoms with van der Waals surface area (Å²) in [6.45, 7) is 8.45. The lowest BCUT2D eigenvalue weighted by atomic mass is 10.0. The van der Waals surface area contributed by atoms with Crippen LogP contribution >= 0.6 is 0 Å². The molecule has 2 N–H and O–H groups in total. The fourth-order valence-electron chi connectivity index (χ4n) is 1.36. The number of carbonyl (C=O) groups excluding carboxylic acids is 1. The molecule has 0 spiro atoms. The molecule has 0 heterocycles. The highest BCUT2D eigenvalue weighted by Gasteiger charge is 2.29. The summed E-state index contributed by atoms with van der Waals surface area (Å²) in [7, 11) is 0. The van der Waals surface area contributed by atoms with Gasteiger partial charge in [-0.2, -0.15) is 0 Å². The molecule has 0 aliphatic carbocycles. The molecular weight excluding hydrogens is 206 g/mol. The topological polar surface area (TPSA) is 61.5 Å². The van der Waals surface area contributed by atoms with E-state index in [9.17, 15) is 4.79 Å². The van der Waals surface area contributed by atoms with Crippen LogP contribution in [0, 0.1) is 0 Å². The van der Waals surface area contributed by atoms with Crippen molar-refractivity contribution in [3.8, 4) is 0 Å². The Hall–Kier alpha value is -0.610. The van der Waals surface area contributed by atoms with Crippen LogP contribution in [0.2, 0.25) is 0 Å². The molecule has 2 atom stereocenters. The van der Waals surface area contributed by atoms with E-state index in [0.29, 0.717) is 19.6 Å². The molecular formula is C12H25NO3. The number of ether oxygens (including phenoxy) is 2. The molecule has 16 heavy (non-hydrogen) atoms. The number of hydrogen-bond acceptors (Lipinski definition) is 4. The van der Waals surface area contributed by atoms with Gasteiger partial charge in [0.05, 0.1) is 12.7 Å². The van der Waals surface area contributed by atoms with Crippen LogP contribution < -0.4 is 5.73 Å². The van der Waals surface area contributed by atoms with Crippen molar-refractivity contribution in [3.63, 3.8) is 0 Å². The van der Waals surface area contributed by atoms with Crippen molar-refractivity contribution in [1.82, 2.24) is 0 Å². The highest BCUT2D eigenvalue weighted by molar-refractivity contribution is 5.79. The second-order valence-corrected chi connectivity index (χ2v) is 4.36. The van der Waals surface area contributed by atoms with Gasteiger partial charge >= 0.3 is 5.97 Å². The molecule has 0 bridgehead atoms. The Labute approximate surface area is 98.5 Å². The van der Waals surface area contributed by atoms with Crippen molar-refractivity contribution in [2.75, 3.05) is 13.2 Å². The number of carbonyl (C=O) groups is 1. The van der Waals surface area contributed by atoms with Crippen molar-refractivity contribution in [1.29, 1.82) is 0 Å². The molecule has 0 rings (SSSR count). The fourth-order valence-corrected chi connectivity index (χ4v) is 1.36. The van der Waals surface area contributed by atoms with Gasteiger partial charge in [0.1, 0.15) is 5.54 Å². The highest BCUT2D eigenvalue weighted by atomic mass is 16.5. The lowest BCUT2D eigenvalue weighted by Gasteiger charge is -2.23. The summed E-state index contributed by atoms with van der Waals surface area (Å²) in [5.41, 5.74) is 4.91. The molecule has 0 fully saturated rings. The van der Waals surface area contributed by atoms with Crippen LogP contribution in [-0.2, 0) is 14.3 Å².